The zero-order valence-electron chi connectivity index (χ0n) is 18.5. The highest BCUT2D eigenvalue weighted by Crippen LogP contribution is 2.36. The molecule has 2 atom stereocenters. The number of sulfone groups is 1. The molecule has 2 aromatic rings. The van der Waals surface area contributed by atoms with Crippen molar-refractivity contribution in [2.24, 2.45) is 0 Å². The van der Waals surface area contributed by atoms with Crippen LogP contribution in [0.4, 0.5) is 0 Å². The molecule has 1 fully saturated rings. The molecule has 1 aliphatic carbocycles. The molecule has 0 amide bonds. The minimum atomic E-state index is -3.05. The van der Waals surface area contributed by atoms with E-state index >= 15 is 0 Å². The van der Waals surface area contributed by atoms with Crippen LogP contribution in [0.5, 0.6) is 5.88 Å². The average Bonchev–Trinajstić information content (AvgIpc) is 2.61. The van der Waals surface area contributed by atoms with Crippen molar-refractivity contribution in [2.75, 3.05) is 6.26 Å². The van der Waals surface area contributed by atoms with Crippen LogP contribution in [0.1, 0.15) is 65.0 Å². The van der Waals surface area contributed by atoms with Crippen molar-refractivity contribution in [1.82, 2.24) is 14.7 Å². The molecule has 3 rings (SSSR count). The van der Waals surface area contributed by atoms with E-state index in [1.54, 1.807) is 18.5 Å². The number of pyridine rings is 2. The van der Waals surface area contributed by atoms with Crippen LogP contribution < -0.4 is 9.46 Å². The Kier molecular flexibility index (Phi) is 7.42. The molecule has 1 aliphatic rings. The smallest absolute Gasteiger partial charge is 0.223 e. The van der Waals surface area contributed by atoms with Gasteiger partial charge in [-0.05, 0) is 38.6 Å². The predicted octanol–water partition coefficient (Wildman–Crippen LogP) is 4.13. The third-order valence-corrected chi connectivity index (χ3v) is 8.84. The first-order valence-electron chi connectivity index (χ1n) is 10.4. The van der Waals surface area contributed by atoms with E-state index in [0.29, 0.717) is 29.3 Å². The van der Waals surface area contributed by atoms with Crippen LogP contribution in [0.15, 0.2) is 18.5 Å². The molecule has 10 heteroatoms. The molecule has 31 heavy (non-hydrogen) atoms. The second kappa shape index (κ2) is 9.39. The Morgan fingerprint density at radius 2 is 1.97 bits per heavy atom. The quantitative estimate of drug-likeness (QED) is 0.440. The highest BCUT2D eigenvalue weighted by atomic mass is 35.5. The van der Waals surface area contributed by atoms with Crippen LogP contribution in [0.2, 0.25) is 5.15 Å². The maximum Gasteiger partial charge on any atom is 0.223 e. The molecule has 2 aromatic heterocycles. The molecular weight excluding hydrogens is 458 g/mol. The summed E-state index contributed by atoms with van der Waals surface area (Å²) in [4.78, 5) is 8.71. The molecule has 0 radical (unpaired) electrons. The number of hydrogen-bond acceptors (Lipinski definition) is 7. The van der Waals surface area contributed by atoms with Gasteiger partial charge >= 0.3 is 0 Å². The monoisotopic (exact) mass is 487 g/mol. The van der Waals surface area contributed by atoms with E-state index < -0.39 is 25.9 Å². The Hall–Kier alpha value is -1.13. The zero-order valence-corrected chi connectivity index (χ0v) is 20.9. The highest BCUT2D eigenvalue weighted by molar-refractivity contribution is 7.91. The zero-order chi connectivity index (χ0) is 23.0. The van der Waals surface area contributed by atoms with Crippen LogP contribution in [0.3, 0.4) is 0 Å². The highest BCUT2D eigenvalue weighted by Gasteiger charge is 2.38. The summed E-state index contributed by atoms with van der Waals surface area (Å²) in [6.45, 7) is 7.85. The molecule has 0 saturated heterocycles. The lowest BCUT2D eigenvalue weighted by Crippen LogP contribution is -2.42. The normalized spacial score (nSPS) is 21.5. The van der Waals surface area contributed by atoms with E-state index in [4.69, 9.17) is 16.3 Å². The van der Waals surface area contributed by atoms with E-state index in [0.717, 1.165) is 23.8 Å². The van der Waals surface area contributed by atoms with Gasteiger partial charge in [-0.1, -0.05) is 24.9 Å². The molecule has 1 N–H and O–H groups in total. The van der Waals surface area contributed by atoms with E-state index in [2.05, 4.69) is 21.6 Å². The van der Waals surface area contributed by atoms with Gasteiger partial charge in [0.25, 0.3) is 0 Å². The van der Waals surface area contributed by atoms with Crippen LogP contribution in [0.25, 0.3) is 10.8 Å². The van der Waals surface area contributed by atoms with Gasteiger partial charge in [0.1, 0.15) is 16.0 Å². The summed E-state index contributed by atoms with van der Waals surface area (Å²) < 4.78 is 45.0. The van der Waals surface area contributed by atoms with Gasteiger partial charge in [0, 0.05) is 48.4 Å². The number of halogens is 1. The van der Waals surface area contributed by atoms with E-state index in [9.17, 15) is 13.0 Å². The maximum absolute atomic E-state index is 12.8. The molecule has 172 valence electrons. The van der Waals surface area contributed by atoms with Crippen molar-refractivity contribution in [3.63, 3.8) is 0 Å². The fourth-order valence-corrected chi connectivity index (χ4v) is 5.61. The number of ether oxygens (including phenoxy) is 1. The summed E-state index contributed by atoms with van der Waals surface area (Å²) in [7, 11) is -3.05. The summed E-state index contributed by atoms with van der Waals surface area (Å²) in [5.74, 6) is 0.409. The Bertz CT molecular complexity index is 1040. The lowest BCUT2D eigenvalue weighted by molar-refractivity contribution is 0.119. The molecule has 0 spiro atoms. The van der Waals surface area contributed by atoms with Gasteiger partial charge in [-0.2, -0.15) is 0 Å². The third kappa shape index (κ3) is 5.82. The number of nitrogens with zero attached hydrogens (tertiary/aromatic N) is 2. The molecule has 1 saturated carbocycles. The van der Waals surface area contributed by atoms with Crippen molar-refractivity contribution in [3.8, 4) is 5.88 Å². The number of hydrogen-bond donors (Lipinski definition) is 1. The Morgan fingerprint density at radius 1 is 1.29 bits per heavy atom. The van der Waals surface area contributed by atoms with Crippen LogP contribution in [-0.2, 0) is 21.2 Å². The number of rotatable bonds is 8. The van der Waals surface area contributed by atoms with Crippen LogP contribution in [0, 0.1) is 0 Å². The Labute approximate surface area is 192 Å². The Morgan fingerprint density at radius 3 is 2.55 bits per heavy atom. The van der Waals surface area contributed by atoms with Gasteiger partial charge < -0.3 is 9.29 Å². The minimum Gasteiger partial charge on any atom is -0.598 e. The fourth-order valence-electron chi connectivity index (χ4n) is 3.47. The number of aromatic nitrogens is 2. The minimum absolute atomic E-state index is 0.175. The maximum atomic E-state index is 12.8. The van der Waals surface area contributed by atoms with E-state index in [-0.39, 0.29) is 17.4 Å². The SMILES string of the molecule is CCCC(N[S@@+]([O-])C(C)(C)C)c1cnc(O[C@H]2C[C@@H](S(C)(=O)=O)C2)c2cnc(Cl)cc12. The van der Waals surface area contributed by atoms with Gasteiger partial charge in [-0.15, -0.1) is 4.72 Å². The Balaban J connectivity index is 1.92. The largest absolute Gasteiger partial charge is 0.598 e. The summed E-state index contributed by atoms with van der Waals surface area (Å²) >= 11 is 4.95. The topological polar surface area (TPSA) is 104 Å². The number of nitrogens with one attached hydrogen (secondary N) is 1. The average molecular weight is 488 g/mol. The van der Waals surface area contributed by atoms with Gasteiger partial charge in [0.05, 0.1) is 16.7 Å². The summed E-state index contributed by atoms with van der Waals surface area (Å²) in [6, 6.07) is 1.59. The van der Waals surface area contributed by atoms with Crippen molar-refractivity contribution in [3.05, 3.63) is 29.2 Å². The lowest BCUT2D eigenvalue weighted by atomic mass is 9.95. The van der Waals surface area contributed by atoms with Gasteiger partial charge in [0.15, 0.2) is 9.84 Å². The van der Waals surface area contributed by atoms with Crippen molar-refractivity contribution < 1.29 is 17.7 Å². The lowest BCUT2D eigenvalue weighted by Gasteiger charge is -2.34. The first-order chi connectivity index (χ1) is 14.4. The van der Waals surface area contributed by atoms with E-state index in [1.165, 1.54) is 6.26 Å². The molecule has 0 aliphatic heterocycles. The molecule has 0 bridgehead atoms. The van der Waals surface area contributed by atoms with Crippen molar-refractivity contribution in [2.45, 2.75) is 75.5 Å². The molecule has 1 unspecified atom stereocenters. The summed E-state index contributed by atoms with van der Waals surface area (Å²) in [6.07, 6.45) is 6.99. The molecular formula is C21H30ClN3O4S2. The second-order valence-electron chi connectivity index (χ2n) is 9.07. The standard InChI is InChI=1S/C21H30ClN3O4S2/c1-6-7-18(25-30(26)21(2,3)4)16-11-24-20(17-12-23-19(22)10-15(16)17)29-13-8-14(9-13)31(5,27)28/h10-14,18,25H,6-9H2,1-5H3/t13-,14+,18?,30-/m0/s1. The molecule has 2 heterocycles. The summed E-state index contributed by atoms with van der Waals surface area (Å²) in [5, 5.41) is 1.52. The molecule has 0 aromatic carbocycles. The number of fused-ring (bicyclic) bond motifs is 1. The fraction of sp³-hybridized carbons (Fsp3) is 0.619. The van der Waals surface area contributed by atoms with E-state index in [1.807, 2.05) is 20.8 Å². The summed E-state index contributed by atoms with van der Waals surface area (Å²) in [5.41, 5.74) is 0.883. The first-order valence-corrected chi connectivity index (χ1v) is 13.9. The van der Waals surface area contributed by atoms with Crippen LogP contribution >= 0.6 is 11.6 Å². The van der Waals surface area contributed by atoms with Gasteiger partial charge in [0.2, 0.25) is 5.88 Å². The second-order valence-corrected chi connectivity index (χ2v) is 13.8. The first kappa shape index (κ1) is 24.5. The molecule has 7 nitrogen and oxygen atoms in total. The van der Waals surface area contributed by atoms with Crippen molar-refractivity contribution >= 4 is 43.6 Å². The van der Waals surface area contributed by atoms with Gasteiger partial charge in [-0.25, -0.2) is 18.4 Å². The van der Waals surface area contributed by atoms with Gasteiger partial charge in [-0.3, -0.25) is 0 Å². The predicted molar refractivity (Wildman–Crippen MR) is 126 cm³/mol. The third-order valence-electron chi connectivity index (χ3n) is 5.43. The van der Waals surface area contributed by atoms with Crippen LogP contribution in [-0.4, -0.2) is 45.3 Å². The van der Waals surface area contributed by atoms with Crippen molar-refractivity contribution in [1.29, 1.82) is 0 Å².